The molecule has 0 saturated heterocycles. The molecule has 0 radical (unpaired) electrons. The van der Waals surface area contributed by atoms with Crippen LogP contribution in [0.1, 0.15) is 30.3 Å². The monoisotopic (exact) mass is 323 g/mol. The number of anilines is 1. The van der Waals surface area contributed by atoms with E-state index in [1.54, 1.807) is 0 Å². The lowest BCUT2D eigenvalue weighted by Crippen LogP contribution is -2.26. The van der Waals surface area contributed by atoms with Gasteiger partial charge in [-0.25, -0.2) is 9.07 Å². The first-order chi connectivity index (χ1) is 10.5. The molecule has 7 heteroatoms. The molecule has 1 aromatic heterocycles. The van der Waals surface area contributed by atoms with E-state index in [0.717, 1.165) is 18.9 Å². The van der Waals surface area contributed by atoms with Crippen LogP contribution in [0, 0.1) is 5.82 Å². The Morgan fingerprint density at radius 3 is 2.86 bits per heavy atom. The van der Waals surface area contributed by atoms with E-state index in [2.05, 4.69) is 10.4 Å². The molecule has 0 aliphatic carbocycles. The van der Waals surface area contributed by atoms with Crippen molar-refractivity contribution in [3.63, 3.8) is 0 Å². The van der Waals surface area contributed by atoms with Crippen LogP contribution in [0.15, 0.2) is 35.1 Å². The minimum absolute atomic E-state index is 0.0365. The summed E-state index contributed by atoms with van der Waals surface area (Å²) in [7, 11) is 0. The minimum Gasteiger partial charge on any atom is -0.318 e. The Kier molecular flexibility index (Phi) is 5.27. The number of benzene rings is 1. The van der Waals surface area contributed by atoms with Crippen molar-refractivity contribution in [2.75, 3.05) is 5.32 Å². The average Bonchev–Trinajstić information content (AvgIpc) is 2.50. The standard InChI is InChI=1S/C15H15ClFN3O2/c1-2-3-8-20-14(21)7-6-12(19-20)15(22)18-13-9-10(16)4-5-11(13)17/h4-7,9H,2-3,8H2,1H3,(H,18,22). The molecule has 0 unspecified atom stereocenters. The molecule has 0 fully saturated rings. The van der Waals surface area contributed by atoms with Crippen molar-refractivity contribution in [2.24, 2.45) is 0 Å². The van der Waals surface area contributed by atoms with Gasteiger partial charge in [-0.2, -0.15) is 5.10 Å². The van der Waals surface area contributed by atoms with E-state index < -0.39 is 11.7 Å². The van der Waals surface area contributed by atoms with Crippen molar-refractivity contribution in [2.45, 2.75) is 26.3 Å². The maximum atomic E-state index is 13.6. The molecule has 0 bridgehead atoms. The molecular weight excluding hydrogens is 309 g/mol. The summed E-state index contributed by atoms with van der Waals surface area (Å²) in [5, 5.41) is 6.69. The van der Waals surface area contributed by atoms with Gasteiger partial charge in [-0.3, -0.25) is 9.59 Å². The molecule has 22 heavy (non-hydrogen) atoms. The molecule has 0 atom stereocenters. The summed E-state index contributed by atoms with van der Waals surface area (Å²) in [6.07, 6.45) is 1.68. The van der Waals surface area contributed by atoms with Gasteiger partial charge in [-0.05, 0) is 30.7 Å². The zero-order valence-corrected chi connectivity index (χ0v) is 12.7. The van der Waals surface area contributed by atoms with E-state index in [1.807, 2.05) is 6.92 Å². The average molecular weight is 324 g/mol. The Hall–Kier alpha value is -2.21. The molecule has 2 rings (SSSR count). The molecule has 1 heterocycles. The summed E-state index contributed by atoms with van der Waals surface area (Å²) in [6, 6.07) is 6.43. The molecule has 5 nitrogen and oxygen atoms in total. The number of halogens is 2. The van der Waals surface area contributed by atoms with Crippen molar-refractivity contribution >= 4 is 23.2 Å². The number of hydrogen-bond acceptors (Lipinski definition) is 3. The lowest BCUT2D eigenvalue weighted by molar-refractivity contribution is 0.101. The third kappa shape index (κ3) is 3.92. The van der Waals surface area contributed by atoms with Crippen molar-refractivity contribution in [3.05, 3.63) is 57.2 Å². The van der Waals surface area contributed by atoms with Crippen LogP contribution in [-0.2, 0) is 6.54 Å². The van der Waals surface area contributed by atoms with Crippen LogP contribution < -0.4 is 10.9 Å². The molecule has 0 saturated carbocycles. The highest BCUT2D eigenvalue weighted by atomic mass is 35.5. The fourth-order valence-electron chi connectivity index (χ4n) is 1.82. The Balaban J connectivity index is 2.22. The van der Waals surface area contributed by atoms with Crippen molar-refractivity contribution < 1.29 is 9.18 Å². The van der Waals surface area contributed by atoms with Gasteiger partial charge in [-0.15, -0.1) is 0 Å². The van der Waals surface area contributed by atoms with Crippen LogP contribution in [0.2, 0.25) is 5.02 Å². The summed E-state index contributed by atoms with van der Waals surface area (Å²) in [5.41, 5.74) is -0.278. The predicted octanol–water partition coefficient (Wildman–Crippen LogP) is 3.09. The van der Waals surface area contributed by atoms with E-state index >= 15 is 0 Å². The molecule has 1 aromatic carbocycles. The van der Waals surface area contributed by atoms with E-state index in [4.69, 9.17) is 11.6 Å². The maximum absolute atomic E-state index is 13.6. The second kappa shape index (κ2) is 7.17. The first kappa shape index (κ1) is 16.2. The summed E-state index contributed by atoms with van der Waals surface area (Å²) >= 11 is 5.77. The quantitative estimate of drug-likeness (QED) is 0.919. The molecule has 116 valence electrons. The smallest absolute Gasteiger partial charge is 0.276 e. The number of rotatable bonds is 5. The molecule has 0 aliphatic rings. The third-order valence-electron chi connectivity index (χ3n) is 3.00. The summed E-state index contributed by atoms with van der Waals surface area (Å²) < 4.78 is 14.8. The van der Waals surface area contributed by atoms with Gasteiger partial charge in [0.2, 0.25) is 0 Å². The van der Waals surface area contributed by atoms with Crippen molar-refractivity contribution in [3.8, 4) is 0 Å². The Morgan fingerprint density at radius 1 is 1.36 bits per heavy atom. The second-order valence-corrected chi connectivity index (χ2v) is 5.15. The van der Waals surface area contributed by atoms with Crippen LogP contribution in [0.3, 0.4) is 0 Å². The second-order valence-electron chi connectivity index (χ2n) is 4.71. The highest BCUT2D eigenvalue weighted by Gasteiger charge is 2.12. The van der Waals surface area contributed by atoms with Crippen molar-refractivity contribution in [1.82, 2.24) is 9.78 Å². The Labute approximate surface area is 131 Å². The van der Waals surface area contributed by atoms with Crippen LogP contribution in [0.4, 0.5) is 10.1 Å². The highest BCUT2D eigenvalue weighted by molar-refractivity contribution is 6.31. The highest BCUT2D eigenvalue weighted by Crippen LogP contribution is 2.19. The van der Waals surface area contributed by atoms with Gasteiger partial charge in [0.15, 0.2) is 0 Å². The Morgan fingerprint density at radius 2 is 2.14 bits per heavy atom. The van der Waals surface area contributed by atoms with Gasteiger partial charge >= 0.3 is 0 Å². The van der Waals surface area contributed by atoms with Crippen LogP contribution in [-0.4, -0.2) is 15.7 Å². The number of carbonyl (C=O) groups is 1. The van der Waals surface area contributed by atoms with Gasteiger partial charge in [0.05, 0.1) is 5.69 Å². The fraction of sp³-hybridized carbons (Fsp3) is 0.267. The van der Waals surface area contributed by atoms with E-state index in [1.165, 1.54) is 28.9 Å². The zero-order valence-electron chi connectivity index (χ0n) is 12.0. The predicted molar refractivity (Wildman–Crippen MR) is 82.8 cm³/mol. The molecule has 1 amide bonds. The topological polar surface area (TPSA) is 64.0 Å². The number of hydrogen-bond donors (Lipinski definition) is 1. The largest absolute Gasteiger partial charge is 0.318 e. The lowest BCUT2D eigenvalue weighted by atomic mass is 10.3. The third-order valence-corrected chi connectivity index (χ3v) is 3.23. The van der Waals surface area contributed by atoms with Crippen LogP contribution >= 0.6 is 11.6 Å². The zero-order chi connectivity index (χ0) is 16.1. The molecule has 0 spiro atoms. The molecule has 2 aromatic rings. The first-order valence-electron chi connectivity index (χ1n) is 6.86. The number of aromatic nitrogens is 2. The van der Waals surface area contributed by atoms with E-state index in [0.29, 0.717) is 11.6 Å². The molecule has 0 aliphatic heterocycles. The maximum Gasteiger partial charge on any atom is 0.276 e. The van der Waals surface area contributed by atoms with Gasteiger partial charge in [0.25, 0.3) is 11.5 Å². The number of carbonyl (C=O) groups excluding carboxylic acids is 1. The van der Waals surface area contributed by atoms with Gasteiger partial charge in [0.1, 0.15) is 11.5 Å². The van der Waals surface area contributed by atoms with Crippen molar-refractivity contribution in [1.29, 1.82) is 0 Å². The van der Waals surface area contributed by atoms with Crippen LogP contribution in [0.5, 0.6) is 0 Å². The fourth-order valence-corrected chi connectivity index (χ4v) is 1.99. The number of unbranched alkanes of at least 4 members (excludes halogenated alkanes) is 1. The number of nitrogens with zero attached hydrogens (tertiary/aromatic N) is 2. The number of amides is 1. The summed E-state index contributed by atoms with van der Waals surface area (Å²) in [5.74, 6) is -1.21. The SMILES string of the molecule is CCCCn1nc(C(=O)Nc2cc(Cl)ccc2F)ccc1=O. The van der Waals surface area contributed by atoms with Gasteiger partial charge in [0, 0.05) is 17.6 Å². The van der Waals surface area contributed by atoms with Gasteiger partial charge < -0.3 is 5.32 Å². The number of nitrogens with one attached hydrogen (secondary N) is 1. The number of aryl methyl sites for hydroxylation is 1. The van der Waals surface area contributed by atoms with E-state index in [-0.39, 0.29) is 16.9 Å². The normalized spacial score (nSPS) is 10.5. The minimum atomic E-state index is -0.605. The van der Waals surface area contributed by atoms with Crippen LogP contribution in [0.25, 0.3) is 0 Å². The van der Waals surface area contributed by atoms with E-state index in [9.17, 15) is 14.0 Å². The first-order valence-corrected chi connectivity index (χ1v) is 7.23. The Bertz CT molecular complexity index is 746. The molecule has 1 N–H and O–H groups in total. The summed E-state index contributed by atoms with van der Waals surface area (Å²) in [4.78, 5) is 23.8. The molecular formula is C15H15ClFN3O2. The lowest BCUT2D eigenvalue weighted by Gasteiger charge is -2.08. The summed E-state index contributed by atoms with van der Waals surface area (Å²) in [6.45, 7) is 2.42. The van der Waals surface area contributed by atoms with Gasteiger partial charge in [-0.1, -0.05) is 24.9 Å².